The molecule has 0 aliphatic heterocycles. The molecule has 2 N–H and O–H groups in total. The molecule has 0 bridgehead atoms. The van der Waals surface area contributed by atoms with Gasteiger partial charge in [-0.3, -0.25) is 0 Å². The van der Waals surface area contributed by atoms with Gasteiger partial charge in [-0.25, -0.2) is 4.79 Å². The fourth-order valence-electron chi connectivity index (χ4n) is 3.06. The lowest BCUT2D eigenvalue weighted by Crippen LogP contribution is -2.12. The molecule has 0 aliphatic rings. The van der Waals surface area contributed by atoms with Gasteiger partial charge in [-0.15, -0.1) is 0 Å². The highest BCUT2D eigenvalue weighted by atomic mass is 16.5. The Kier molecular flexibility index (Phi) is 4.86. The first-order chi connectivity index (χ1) is 13.0. The van der Waals surface area contributed by atoms with Crippen molar-refractivity contribution in [2.75, 3.05) is 20.0 Å². The average molecular weight is 361 g/mol. The number of nitriles is 1. The number of carbonyl (C=O) groups excluding carboxylic acids is 1. The number of aryl methyl sites for hydroxylation is 1. The number of rotatable bonds is 4. The molecule has 0 unspecified atom stereocenters. The zero-order chi connectivity index (χ0) is 19.6. The second kappa shape index (κ2) is 7.26. The molecule has 136 valence electrons. The number of ether oxygens (including phenoxy) is 2. The third kappa shape index (κ3) is 3.11. The van der Waals surface area contributed by atoms with Crippen molar-refractivity contribution in [3.8, 4) is 28.6 Å². The van der Waals surface area contributed by atoms with Crippen LogP contribution < -0.4 is 10.5 Å². The molecule has 0 saturated heterocycles. The summed E-state index contributed by atoms with van der Waals surface area (Å²) >= 11 is 0. The molecular weight excluding hydrogens is 342 g/mol. The Balaban J connectivity index is 2.26. The van der Waals surface area contributed by atoms with Crippen LogP contribution in [0.2, 0.25) is 0 Å². The standard InChI is InChI=1S/C21H19N3O3/c1-13-9-17(18(26-2)10-16(13)14-7-5-4-6-8-14)24-12-15(11-22)19(23)20(24)21(25)27-3/h4-10,12H,23H2,1-3H3. The van der Waals surface area contributed by atoms with Crippen molar-refractivity contribution in [3.05, 3.63) is 65.5 Å². The molecule has 1 heterocycles. The summed E-state index contributed by atoms with van der Waals surface area (Å²) in [5.41, 5.74) is 10.0. The molecule has 0 amide bonds. The van der Waals surface area contributed by atoms with Gasteiger partial charge >= 0.3 is 5.97 Å². The maximum Gasteiger partial charge on any atom is 0.357 e. The Labute approximate surface area is 157 Å². The first-order valence-corrected chi connectivity index (χ1v) is 8.25. The Morgan fingerprint density at radius 3 is 2.48 bits per heavy atom. The van der Waals surface area contributed by atoms with Gasteiger partial charge in [-0.1, -0.05) is 30.3 Å². The Bertz CT molecular complexity index is 1050. The van der Waals surface area contributed by atoms with E-state index in [1.807, 2.05) is 55.5 Å². The van der Waals surface area contributed by atoms with E-state index < -0.39 is 5.97 Å². The molecule has 0 radical (unpaired) electrons. The molecule has 6 heteroatoms. The number of benzene rings is 2. The van der Waals surface area contributed by atoms with E-state index in [0.29, 0.717) is 11.4 Å². The molecule has 2 aromatic carbocycles. The fourth-order valence-corrected chi connectivity index (χ4v) is 3.06. The monoisotopic (exact) mass is 361 g/mol. The molecule has 27 heavy (non-hydrogen) atoms. The topological polar surface area (TPSA) is 90.3 Å². The molecule has 0 atom stereocenters. The Morgan fingerprint density at radius 1 is 1.19 bits per heavy atom. The third-order valence-corrected chi connectivity index (χ3v) is 4.41. The number of carbonyl (C=O) groups is 1. The lowest BCUT2D eigenvalue weighted by Gasteiger charge is -2.16. The minimum atomic E-state index is -0.624. The van der Waals surface area contributed by atoms with Crippen LogP contribution in [0.5, 0.6) is 5.75 Å². The van der Waals surface area contributed by atoms with Gasteiger partial charge in [0.15, 0.2) is 5.69 Å². The van der Waals surface area contributed by atoms with E-state index in [2.05, 4.69) is 0 Å². The number of anilines is 1. The largest absolute Gasteiger partial charge is 0.495 e. The van der Waals surface area contributed by atoms with Crippen LogP contribution in [0.25, 0.3) is 16.8 Å². The van der Waals surface area contributed by atoms with E-state index in [9.17, 15) is 10.1 Å². The quantitative estimate of drug-likeness (QED) is 0.716. The highest BCUT2D eigenvalue weighted by Crippen LogP contribution is 2.35. The third-order valence-electron chi connectivity index (χ3n) is 4.41. The van der Waals surface area contributed by atoms with E-state index in [1.54, 1.807) is 11.7 Å². The number of aromatic nitrogens is 1. The van der Waals surface area contributed by atoms with Crippen molar-refractivity contribution in [3.63, 3.8) is 0 Å². The summed E-state index contributed by atoms with van der Waals surface area (Å²) in [4.78, 5) is 12.3. The number of nitrogen functional groups attached to an aromatic ring is 1. The van der Waals surface area contributed by atoms with Gasteiger partial charge in [0.1, 0.15) is 11.8 Å². The summed E-state index contributed by atoms with van der Waals surface area (Å²) in [5, 5.41) is 9.30. The van der Waals surface area contributed by atoms with Crippen molar-refractivity contribution >= 4 is 11.7 Å². The van der Waals surface area contributed by atoms with Crippen LogP contribution in [0.15, 0.2) is 48.7 Å². The summed E-state index contributed by atoms with van der Waals surface area (Å²) in [6.07, 6.45) is 1.51. The minimum absolute atomic E-state index is 0.0798. The number of nitrogens with zero attached hydrogens (tertiary/aromatic N) is 2. The molecule has 0 saturated carbocycles. The lowest BCUT2D eigenvalue weighted by atomic mass is 9.99. The molecule has 3 rings (SSSR count). The van der Waals surface area contributed by atoms with Gasteiger partial charge < -0.3 is 19.8 Å². The maximum absolute atomic E-state index is 12.3. The van der Waals surface area contributed by atoms with Gasteiger partial charge in [0.2, 0.25) is 0 Å². The molecule has 6 nitrogen and oxygen atoms in total. The van der Waals surface area contributed by atoms with Crippen LogP contribution in [0, 0.1) is 18.3 Å². The Hall–Kier alpha value is -3.72. The van der Waals surface area contributed by atoms with Gasteiger partial charge in [0.05, 0.1) is 31.2 Å². The summed E-state index contributed by atoms with van der Waals surface area (Å²) in [6, 6.07) is 15.7. The van der Waals surface area contributed by atoms with Crippen LogP contribution in [-0.2, 0) is 4.74 Å². The normalized spacial score (nSPS) is 10.3. The first-order valence-electron chi connectivity index (χ1n) is 8.25. The number of nitrogens with two attached hydrogens (primary N) is 1. The van der Waals surface area contributed by atoms with Gasteiger partial charge in [-0.05, 0) is 35.7 Å². The fraction of sp³-hybridized carbons (Fsp3) is 0.143. The van der Waals surface area contributed by atoms with Crippen LogP contribution in [-0.4, -0.2) is 24.8 Å². The zero-order valence-electron chi connectivity index (χ0n) is 15.3. The van der Waals surface area contributed by atoms with Crippen molar-refractivity contribution in [1.82, 2.24) is 4.57 Å². The average Bonchev–Trinajstić information content (AvgIpc) is 3.04. The van der Waals surface area contributed by atoms with Crippen molar-refractivity contribution < 1.29 is 14.3 Å². The number of hydrogen-bond donors (Lipinski definition) is 1. The first kappa shape index (κ1) is 18.1. The molecular formula is C21H19N3O3. The second-order valence-electron chi connectivity index (χ2n) is 5.98. The van der Waals surface area contributed by atoms with E-state index in [4.69, 9.17) is 15.2 Å². The highest BCUT2D eigenvalue weighted by Gasteiger charge is 2.24. The Morgan fingerprint density at radius 2 is 1.89 bits per heavy atom. The smallest absolute Gasteiger partial charge is 0.357 e. The summed E-state index contributed by atoms with van der Waals surface area (Å²) in [5.74, 6) is -0.0788. The van der Waals surface area contributed by atoms with Crippen molar-refractivity contribution in [1.29, 1.82) is 5.26 Å². The summed E-state index contributed by atoms with van der Waals surface area (Å²) in [6.45, 7) is 1.97. The van der Waals surface area contributed by atoms with Crippen LogP contribution in [0.4, 0.5) is 5.69 Å². The van der Waals surface area contributed by atoms with E-state index in [1.165, 1.54) is 13.3 Å². The van der Waals surface area contributed by atoms with Crippen LogP contribution >= 0.6 is 0 Å². The predicted octanol–water partition coefficient (Wildman–Crippen LogP) is 3.70. The van der Waals surface area contributed by atoms with Crippen molar-refractivity contribution in [2.24, 2.45) is 0 Å². The van der Waals surface area contributed by atoms with Gasteiger partial charge in [-0.2, -0.15) is 5.26 Å². The summed E-state index contributed by atoms with van der Waals surface area (Å²) in [7, 11) is 2.82. The molecule has 0 fully saturated rings. The van der Waals surface area contributed by atoms with E-state index in [0.717, 1.165) is 16.7 Å². The molecule has 3 aromatic rings. The van der Waals surface area contributed by atoms with E-state index in [-0.39, 0.29) is 16.9 Å². The molecule has 0 spiro atoms. The number of esters is 1. The highest BCUT2D eigenvalue weighted by molar-refractivity contribution is 5.96. The maximum atomic E-state index is 12.3. The van der Waals surface area contributed by atoms with Crippen LogP contribution in [0.3, 0.4) is 0 Å². The number of methoxy groups -OCH3 is 2. The van der Waals surface area contributed by atoms with Crippen LogP contribution in [0.1, 0.15) is 21.6 Å². The van der Waals surface area contributed by atoms with Gasteiger partial charge in [0.25, 0.3) is 0 Å². The predicted molar refractivity (Wildman–Crippen MR) is 103 cm³/mol. The number of hydrogen-bond acceptors (Lipinski definition) is 5. The van der Waals surface area contributed by atoms with Crippen molar-refractivity contribution in [2.45, 2.75) is 6.92 Å². The minimum Gasteiger partial charge on any atom is -0.495 e. The van der Waals surface area contributed by atoms with E-state index >= 15 is 0 Å². The van der Waals surface area contributed by atoms with Gasteiger partial charge in [0, 0.05) is 6.20 Å². The second-order valence-corrected chi connectivity index (χ2v) is 5.98. The lowest BCUT2D eigenvalue weighted by molar-refractivity contribution is 0.0593. The summed E-state index contributed by atoms with van der Waals surface area (Å²) < 4.78 is 12.0. The SMILES string of the molecule is COC(=O)c1c(N)c(C#N)cn1-c1cc(C)c(-c2ccccc2)cc1OC. The molecule has 1 aromatic heterocycles. The molecule has 0 aliphatic carbocycles. The zero-order valence-corrected chi connectivity index (χ0v) is 15.3.